The van der Waals surface area contributed by atoms with E-state index in [1.807, 2.05) is 0 Å². The monoisotopic (exact) mass is 384 g/mol. The summed E-state index contributed by atoms with van der Waals surface area (Å²) in [5.74, 6) is -0.556. The van der Waals surface area contributed by atoms with Gasteiger partial charge < -0.3 is 15.4 Å². The van der Waals surface area contributed by atoms with Gasteiger partial charge in [0.1, 0.15) is 11.8 Å². The van der Waals surface area contributed by atoms with E-state index >= 15 is 0 Å². The maximum atomic E-state index is 12.6. The number of hydrogen-bond acceptors (Lipinski definition) is 3. The number of hydrogen-bond donors (Lipinski definition) is 2. The summed E-state index contributed by atoms with van der Waals surface area (Å²) in [5, 5.41) is 6.33. The summed E-state index contributed by atoms with van der Waals surface area (Å²) in [6.07, 6.45) is 0. The van der Waals surface area contributed by atoms with Crippen LogP contribution < -0.4 is 15.4 Å². The quantitative estimate of drug-likeness (QED) is 0.825. The molecule has 3 rings (SSSR count). The summed E-state index contributed by atoms with van der Waals surface area (Å²) in [7, 11) is 0. The first-order valence-electron chi connectivity index (χ1n) is 6.92. The number of carbonyl (C=O) groups excluding carboxylic acids is 2. The van der Waals surface area contributed by atoms with Crippen LogP contribution in [0.15, 0.2) is 36.4 Å². The summed E-state index contributed by atoms with van der Waals surface area (Å²) in [6, 6.07) is 8.75. The molecule has 1 atom stereocenters. The van der Waals surface area contributed by atoms with E-state index < -0.39 is 17.9 Å². The van der Waals surface area contributed by atoms with E-state index in [0.717, 1.165) is 0 Å². The van der Waals surface area contributed by atoms with E-state index in [9.17, 15) is 9.59 Å². The van der Waals surface area contributed by atoms with Crippen LogP contribution in [0.1, 0.15) is 11.6 Å². The molecule has 0 saturated carbocycles. The van der Waals surface area contributed by atoms with Gasteiger partial charge in [-0.05, 0) is 24.3 Å². The van der Waals surface area contributed by atoms with Crippen LogP contribution in [0.4, 0.5) is 5.69 Å². The van der Waals surface area contributed by atoms with E-state index in [1.54, 1.807) is 30.3 Å². The first-order valence-corrected chi connectivity index (χ1v) is 8.05. The van der Waals surface area contributed by atoms with Gasteiger partial charge >= 0.3 is 0 Å². The van der Waals surface area contributed by atoms with Crippen LogP contribution in [0.3, 0.4) is 0 Å². The minimum Gasteiger partial charge on any atom is -0.482 e. The van der Waals surface area contributed by atoms with Crippen LogP contribution >= 0.6 is 34.8 Å². The summed E-state index contributed by atoms with van der Waals surface area (Å²) < 4.78 is 5.39. The topological polar surface area (TPSA) is 67.4 Å². The van der Waals surface area contributed by atoms with E-state index in [4.69, 9.17) is 39.5 Å². The summed E-state index contributed by atoms with van der Waals surface area (Å²) in [5.41, 5.74) is 0.934. The largest absolute Gasteiger partial charge is 0.482 e. The highest BCUT2D eigenvalue weighted by molar-refractivity contribution is 6.42. The Kier molecular flexibility index (Phi) is 4.85. The Balaban J connectivity index is 1.92. The predicted octanol–water partition coefficient (Wildman–Crippen LogP) is 3.84. The zero-order valence-electron chi connectivity index (χ0n) is 12.1. The number of para-hydroxylation sites is 1. The van der Waals surface area contributed by atoms with Gasteiger partial charge in [0, 0.05) is 11.3 Å². The molecule has 0 bridgehead atoms. The summed E-state index contributed by atoms with van der Waals surface area (Å²) >= 11 is 17.9. The zero-order chi connectivity index (χ0) is 17.3. The molecule has 0 fully saturated rings. The van der Waals surface area contributed by atoms with Gasteiger partial charge in [0.25, 0.3) is 11.8 Å². The highest BCUT2D eigenvalue weighted by Crippen LogP contribution is 2.35. The molecule has 1 unspecified atom stereocenters. The number of carbonyl (C=O) groups is 2. The van der Waals surface area contributed by atoms with Crippen molar-refractivity contribution < 1.29 is 14.3 Å². The highest BCUT2D eigenvalue weighted by atomic mass is 35.5. The molecule has 0 saturated heterocycles. The Bertz CT molecular complexity index is 826. The molecule has 0 aliphatic carbocycles. The molecule has 8 heteroatoms. The molecule has 1 heterocycles. The van der Waals surface area contributed by atoms with E-state index in [1.165, 1.54) is 6.07 Å². The lowest BCUT2D eigenvalue weighted by atomic mass is 10.0. The fourth-order valence-electron chi connectivity index (χ4n) is 2.32. The smallest absolute Gasteiger partial charge is 0.258 e. The summed E-state index contributed by atoms with van der Waals surface area (Å²) in [4.78, 5) is 24.5. The molecular weight excluding hydrogens is 375 g/mol. The Morgan fingerprint density at radius 1 is 1.12 bits per heavy atom. The average Bonchev–Trinajstić information content (AvgIpc) is 2.71. The molecule has 124 valence electrons. The van der Waals surface area contributed by atoms with Gasteiger partial charge in [-0.1, -0.05) is 46.9 Å². The van der Waals surface area contributed by atoms with E-state index in [-0.39, 0.29) is 6.61 Å². The minimum atomic E-state index is -0.942. The maximum absolute atomic E-state index is 12.6. The Hall–Kier alpha value is -1.95. The molecule has 2 aromatic rings. The third kappa shape index (κ3) is 3.43. The van der Waals surface area contributed by atoms with Crippen LogP contribution in [0, 0.1) is 0 Å². The van der Waals surface area contributed by atoms with Gasteiger partial charge in [-0.15, -0.1) is 0 Å². The molecule has 0 spiro atoms. The number of benzene rings is 2. The van der Waals surface area contributed by atoms with Crippen molar-refractivity contribution in [3.8, 4) is 5.75 Å². The van der Waals surface area contributed by atoms with Crippen LogP contribution in [0.5, 0.6) is 5.75 Å². The number of nitrogens with one attached hydrogen (secondary N) is 2. The van der Waals surface area contributed by atoms with E-state index in [0.29, 0.717) is 32.1 Å². The second kappa shape index (κ2) is 6.89. The van der Waals surface area contributed by atoms with Crippen LogP contribution in [-0.4, -0.2) is 18.4 Å². The standard InChI is InChI=1S/C16H11Cl3N2O3/c17-10-5-4-8(6-12(10)19)20-16(23)14-9-2-1-3-11(18)15(9)24-7-13(22)21-14/h1-6,14H,7H2,(H,20,23)(H,21,22). The van der Waals surface area contributed by atoms with Gasteiger partial charge in [-0.3, -0.25) is 9.59 Å². The lowest BCUT2D eigenvalue weighted by Crippen LogP contribution is -2.37. The number of halogens is 3. The fourth-order valence-corrected chi connectivity index (χ4v) is 2.85. The minimum absolute atomic E-state index is 0.215. The summed E-state index contributed by atoms with van der Waals surface area (Å²) in [6.45, 7) is -0.215. The lowest BCUT2D eigenvalue weighted by Gasteiger charge is -2.18. The number of amides is 2. The number of ether oxygens (including phenoxy) is 1. The van der Waals surface area contributed by atoms with Gasteiger partial charge in [-0.25, -0.2) is 0 Å². The first kappa shape index (κ1) is 16.9. The third-order valence-corrected chi connectivity index (χ3v) is 4.45. The molecule has 2 aromatic carbocycles. The van der Waals surface area contributed by atoms with Gasteiger partial charge in [0.2, 0.25) is 0 Å². The highest BCUT2D eigenvalue weighted by Gasteiger charge is 2.30. The third-order valence-electron chi connectivity index (χ3n) is 3.41. The SMILES string of the molecule is O=C1COc2c(Cl)cccc2C(C(=O)Nc2ccc(Cl)c(Cl)c2)N1. The van der Waals surface area contributed by atoms with Crippen LogP contribution in [0.2, 0.25) is 15.1 Å². The van der Waals surface area contributed by atoms with Crippen molar-refractivity contribution in [3.05, 3.63) is 57.0 Å². The number of fused-ring (bicyclic) bond motifs is 1. The second-order valence-electron chi connectivity index (χ2n) is 5.07. The van der Waals surface area contributed by atoms with Crippen molar-refractivity contribution >= 4 is 52.3 Å². The molecule has 24 heavy (non-hydrogen) atoms. The van der Waals surface area contributed by atoms with Crippen molar-refractivity contribution in [2.45, 2.75) is 6.04 Å². The Morgan fingerprint density at radius 2 is 1.92 bits per heavy atom. The average molecular weight is 386 g/mol. The molecular formula is C16H11Cl3N2O3. The lowest BCUT2D eigenvalue weighted by molar-refractivity contribution is -0.127. The van der Waals surface area contributed by atoms with Crippen molar-refractivity contribution in [2.24, 2.45) is 0 Å². The van der Waals surface area contributed by atoms with Gasteiger partial charge in [0.05, 0.1) is 15.1 Å². The Labute approximate surface area is 152 Å². The molecule has 1 aliphatic heterocycles. The van der Waals surface area contributed by atoms with Crippen molar-refractivity contribution in [2.75, 3.05) is 11.9 Å². The molecule has 0 aromatic heterocycles. The predicted molar refractivity (Wildman–Crippen MR) is 92.9 cm³/mol. The number of rotatable bonds is 2. The fraction of sp³-hybridized carbons (Fsp3) is 0.125. The molecule has 5 nitrogen and oxygen atoms in total. The van der Waals surface area contributed by atoms with Crippen molar-refractivity contribution in [1.29, 1.82) is 0 Å². The second-order valence-corrected chi connectivity index (χ2v) is 6.29. The van der Waals surface area contributed by atoms with Gasteiger partial charge in [0.15, 0.2) is 6.61 Å². The Morgan fingerprint density at radius 3 is 2.67 bits per heavy atom. The number of anilines is 1. The van der Waals surface area contributed by atoms with Gasteiger partial charge in [-0.2, -0.15) is 0 Å². The normalized spacial score (nSPS) is 16.5. The molecule has 1 aliphatic rings. The van der Waals surface area contributed by atoms with E-state index in [2.05, 4.69) is 10.6 Å². The maximum Gasteiger partial charge on any atom is 0.258 e. The van der Waals surface area contributed by atoms with Crippen molar-refractivity contribution in [3.63, 3.8) is 0 Å². The zero-order valence-corrected chi connectivity index (χ0v) is 14.4. The van der Waals surface area contributed by atoms with Crippen LogP contribution in [-0.2, 0) is 9.59 Å². The first-order chi connectivity index (χ1) is 11.5. The molecule has 0 radical (unpaired) electrons. The van der Waals surface area contributed by atoms with Crippen LogP contribution in [0.25, 0.3) is 0 Å². The molecule has 2 N–H and O–H groups in total. The van der Waals surface area contributed by atoms with Crippen molar-refractivity contribution in [1.82, 2.24) is 5.32 Å². The molecule has 2 amide bonds.